The SMILES string of the molecule is Cc1nn(-c2[c-]c(Oc3[c-]c4c(cc3)c3ccccc3n4-c3cc(-n4c5c(C(C)(C)C)cccc5c5cccc(C(C)(C)C)c54)ccn3)ccc2)nc1C.[Pt+2]. The second kappa shape index (κ2) is 13.3. The average molecular weight is 902 g/mol. The minimum absolute atomic E-state index is 0. The summed E-state index contributed by atoms with van der Waals surface area (Å²) in [6.45, 7) is 17.7. The first-order chi connectivity index (χ1) is 25.9. The molecule has 0 amide bonds. The van der Waals surface area contributed by atoms with E-state index in [-0.39, 0.29) is 31.9 Å². The number of nitrogens with zero attached hydrogens (tertiary/aromatic N) is 6. The van der Waals surface area contributed by atoms with Gasteiger partial charge in [-0.3, -0.25) is 0 Å². The van der Waals surface area contributed by atoms with Crippen molar-refractivity contribution >= 4 is 43.6 Å². The van der Waals surface area contributed by atoms with Crippen molar-refractivity contribution < 1.29 is 25.8 Å². The Hall–Kier alpha value is -5.52. The van der Waals surface area contributed by atoms with Gasteiger partial charge in [-0.2, -0.15) is 27.1 Å². The van der Waals surface area contributed by atoms with Crippen LogP contribution in [0, 0.1) is 26.0 Å². The fraction of sp³-hybridized carbons (Fsp3) is 0.213. The summed E-state index contributed by atoms with van der Waals surface area (Å²) >= 11 is 0. The molecule has 0 saturated heterocycles. The van der Waals surface area contributed by atoms with Gasteiger partial charge in [-0.25, -0.2) is 4.98 Å². The van der Waals surface area contributed by atoms with Gasteiger partial charge in [-0.1, -0.05) is 102 Å². The summed E-state index contributed by atoms with van der Waals surface area (Å²) in [5, 5.41) is 13.8. The predicted molar refractivity (Wildman–Crippen MR) is 219 cm³/mol. The minimum Gasteiger partial charge on any atom is -0.509 e. The van der Waals surface area contributed by atoms with Crippen molar-refractivity contribution in [2.45, 2.75) is 66.2 Å². The predicted octanol–water partition coefficient (Wildman–Crippen LogP) is 11.5. The van der Waals surface area contributed by atoms with Crippen molar-refractivity contribution in [1.82, 2.24) is 29.1 Å². The van der Waals surface area contributed by atoms with Gasteiger partial charge in [-0.05, 0) is 59.0 Å². The van der Waals surface area contributed by atoms with Crippen LogP contribution in [0.25, 0.3) is 60.8 Å². The molecule has 0 atom stereocenters. The number of aryl methyl sites for hydroxylation is 2. The third-order valence-corrected chi connectivity index (χ3v) is 10.4. The largest absolute Gasteiger partial charge is 2.00 e. The smallest absolute Gasteiger partial charge is 0.509 e. The Balaban J connectivity index is 0.00000427. The van der Waals surface area contributed by atoms with Crippen LogP contribution in [0.3, 0.4) is 0 Å². The molecule has 0 unspecified atom stereocenters. The summed E-state index contributed by atoms with van der Waals surface area (Å²) in [5.74, 6) is 1.92. The zero-order valence-electron chi connectivity index (χ0n) is 32.3. The number of aromatic nitrogens is 6. The Labute approximate surface area is 335 Å². The first-order valence-electron chi connectivity index (χ1n) is 18.5. The van der Waals surface area contributed by atoms with E-state index in [9.17, 15) is 0 Å². The third kappa shape index (κ3) is 6.15. The number of ether oxygens (including phenoxy) is 1. The number of fused-ring (bicyclic) bond motifs is 6. The summed E-state index contributed by atoms with van der Waals surface area (Å²) in [7, 11) is 0. The molecule has 4 aromatic heterocycles. The van der Waals surface area contributed by atoms with Crippen molar-refractivity contribution in [2.24, 2.45) is 0 Å². The second-order valence-corrected chi connectivity index (χ2v) is 16.2. The first kappa shape index (κ1) is 36.5. The van der Waals surface area contributed by atoms with Crippen LogP contribution in [0.2, 0.25) is 0 Å². The van der Waals surface area contributed by atoms with E-state index in [0.717, 1.165) is 44.7 Å². The topological polar surface area (TPSA) is 62.7 Å². The van der Waals surface area contributed by atoms with Crippen LogP contribution in [0.4, 0.5) is 0 Å². The van der Waals surface area contributed by atoms with Gasteiger partial charge in [0.1, 0.15) is 5.82 Å². The molecule has 55 heavy (non-hydrogen) atoms. The number of hydrogen-bond donors (Lipinski definition) is 0. The quantitative estimate of drug-likeness (QED) is 0.161. The summed E-state index contributed by atoms with van der Waals surface area (Å²) in [6, 6.07) is 43.0. The molecular formula is C47H42N6OPt. The van der Waals surface area contributed by atoms with Gasteiger partial charge in [0.05, 0.1) is 28.1 Å². The monoisotopic (exact) mass is 901 g/mol. The van der Waals surface area contributed by atoms with Crippen LogP contribution in [-0.4, -0.2) is 29.1 Å². The van der Waals surface area contributed by atoms with E-state index < -0.39 is 0 Å². The summed E-state index contributed by atoms with van der Waals surface area (Å²) in [6.07, 6.45) is 1.93. The van der Waals surface area contributed by atoms with Crippen molar-refractivity contribution in [3.8, 4) is 28.7 Å². The fourth-order valence-corrected chi connectivity index (χ4v) is 7.71. The van der Waals surface area contributed by atoms with E-state index >= 15 is 0 Å². The van der Waals surface area contributed by atoms with Crippen LogP contribution in [-0.2, 0) is 31.9 Å². The van der Waals surface area contributed by atoms with E-state index in [1.54, 1.807) is 4.80 Å². The molecule has 7 nitrogen and oxygen atoms in total. The second-order valence-electron chi connectivity index (χ2n) is 16.2. The number of para-hydroxylation sites is 3. The molecule has 0 saturated carbocycles. The van der Waals surface area contributed by atoms with E-state index in [1.165, 1.54) is 32.9 Å². The van der Waals surface area contributed by atoms with Gasteiger partial charge in [0.25, 0.3) is 0 Å². The molecule has 0 aliphatic carbocycles. The molecular weight excluding hydrogens is 860 g/mol. The molecule has 0 radical (unpaired) electrons. The number of rotatable bonds is 5. The Morgan fingerprint density at radius 2 is 1.18 bits per heavy atom. The van der Waals surface area contributed by atoms with Crippen molar-refractivity contribution in [2.75, 3.05) is 0 Å². The Morgan fingerprint density at radius 1 is 0.582 bits per heavy atom. The van der Waals surface area contributed by atoms with Gasteiger partial charge >= 0.3 is 21.1 Å². The minimum atomic E-state index is -0.0781. The molecule has 0 bridgehead atoms. The normalized spacial score (nSPS) is 12.2. The molecule has 0 spiro atoms. The van der Waals surface area contributed by atoms with Crippen LogP contribution < -0.4 is 4.74 Å². The van der Waals surface area contributed by atoms with Gasteiger partial charge in [0, 0.05) is 40.1 Å². The molecule has 5 aromatic carbocycles. The molecule has 276 valence electrons. The van der Waals surface area contributed by atoms with Crippen LogP contribution in [0.5, 0.6) is 11.5 Å². The molecule has 0 aliphatic heterocycles. The Kier molecular flexibility index (Phi) is 8.85. The standard InChI is InChI=1S/C47H42N6O.Pt/c1-29-30(2)50-53(49-29)32-14-11-15-33(26-32)54-34-22-23-36-35-16-9-10-21-41(35)52(42(36)28-34)43-27-31(24-25-48-43)51-44-37(17-12-19-39(44)46(3,4)5)38-18-13-20-40(45(38)51)47(6,7)8;/h9-25,27H,1-8H3;/q-2;+2. The van der Waals surface area contributed by atoms with Crippen LogP contribution >= 0.6 is 0 Å². The Bertz CT molecular complexity index is 2830. The maximum absolute atomic E-state index is 6.42. The maximum Gasteiger partial charge on any atom is 2.00 e. The van der Waals surface area contributed by atoms with E-state index in [0.29, 0.717) is 17.2 Å². The summed E-state index contributed by atoms with van der Waals surface area (Å²) in [5.41, 5.74) is 10.3. The number of pyridine rings is 1. The zero-order valence-corrected chi connectivity index (χ0v) is 34.6. The van der Waals surface area contributed by atoms with Gasteiger partial charge < -0.3 is 13.9 Å². The molecule has 0 aliphatic rings. The van der Waals surface area contributed by atoms with E-state index in [1.807, 2.05) is 44.3 Å². The molecule has 0 N–H and O–H groups in total. The molecule has 0 fully saturated rings. The molecule has 8 heteroatoms. The van der Waals surface area contributed by atoms with Crippen molar-refractivity contribution in [3.05, 3.63) is 144 Å². The van der Waals surface area contributed by atoms with Gasteiger partial charge in [0.2, 0.25) is 0 Å². The van der Waals surface area contributed by atoms with Crippen LogP contribution in [0.1, 0.15) is 64.1 Å². The van der Waals surface area contributed by atoms with Crippen molar-refractivity contribution in [3.63, 3.8) is 0 Å². The first-order valence-corrected chi connectivity index (χ1v) is 18.5. The summed E-state index contributed by atoms with van der Waals surface area (Å²) in [4.78, 5) is 6.62. The van der Waals surface area contributed by atoms with Gasteiger partial charge in [-0.15, -0.1) is 35.7 Å². The van der Waals surface area contributed by atoms with Crippen LogP contribution in [0.15, 0.2) is 109 Å². The molecule has 9 rings (SSSR count). The fourth-order valence-electron chi connectivity index (χ4n) is 7.71. The molecule has 9 aromatic rings. The van der Waals surface area contributed by atoms with E-state index in [4.69, 9.17) is 9.72 Å². The average Bonchev–Trinajstić information content (AvgIpc) is 3.79. The number of hydrogen-bond acceptors (Lipinski definition) is 4. The maximum atomic E-state index is 6.42. The zero-order chi connectivity index (χ0) is 37.5. The third-order valence-electron chi connectivity index (χ3n) is 10.4. The molecule has 4 heterocycles. The Morgan fingerprint density at radius 3 is 1.84 bits per heavy atom. The van der Waals surface area contributed by atoms with Gasteiger partial charge in [0.15, 0.2) is 0 Å². The van der Waals surface area contributed by atoms with Crippen molar-refractivity contribution in [1.29, 1.82) is 0 Å². The van der Waals surface area contributed by atoms with E-state index in [2.05, 4.69) is 152 Å². The summed E-state index contributed by atoms with van der Waals surface area (Å²) < 4.78 is 11.1. The number of benzene rings is 5.